The van der Waals surface area contributed by atoms with E-state index in [2.05, 4.69) is 69.0 Å². The minimum absolute atomic E-state index is 0. The van der Waals surface area contributed by atoms with Crippen molar-refractivity contribution in [1.29, 1.82) is 0 Å². The van der Waals surface area contributed by atoms with Crippen molar-refractivity contribution >= 4 is 29.9 Å². The van der Waals surface area contributed by atoms with Gasteiger partial charge >= 0.3 is 0 Å². The molecule has 2 N–H and O–H groups in total. The molecule has 0 spiro atoms. The quantitative estimate of drug-likeness (QED) is 0.417. The number of nitrogens with one attached hydrogen (secondary N) is 2. The number of halogens is 1. The van der Waals surface area contributed by atoms with Crippen molar-refractivity contribution in [2.24, 2.45) is 16.8 Å². The van der Waals surface area contributed by atoms with E-state index in [1.807, 2.05) is 7.05 Å². The average molecular weight is 450 g/mol. The standard InChI is InChI=1S/C20H26N4.HI/c1-21-20(22-10-13-24-11-4-5-12-24)23-14-18-17-9-8-15-6-2-3-7-16(15)19(17)18;/h2-7,11-12,17-19H,8-10,13-14H2,1H3,(H2,21,22,23);1H. The molecule has 2 aliphatic rings. The fourth-order valence-corrected chi connectivity index (χ4v) is 4.25. The van der Waals surface area contributed by atoms with Crippen LogP contribution >= 0.6 is 24.0 Å². The van der Waals surface area contributed by atoms with Gasteiger partial charge in [0.2, 0.25) is 0 Å². The van der Waals surface area contributed by atoms with Crippen LogP contribution in [0.2, 0.25) is 0 Å². The summed E-state index contributed by atoms with van der Waals surface area (Å²) in [6.45, 7) is 2.86. The summed E-state index contributed by atoms with van der Waals surface area (Å²) in [5.74, 6) is 3.31. The number of aliphatic imine (C=N–C) groups is 1. The monoisotopic (exact) mass is 450 g/mol. The molecule has 0 aliphatic heterocycles. The van der Waals surface area contributed by atoms with Gasteiger partial charge in [-0.1, -0.05) is 24.3 Å². The lowest BCUT2D eigenvalue weighted by molar-refractivity contribution is 0.614. The van der Waals surface area contributed by atoms with Crippen LogP contribution in [-0.2, 0) is 13.0 Å². The van der Waals surface area contributed by atoms with E-state index < -0.39 is 0 Å². The maximum Gasteiger partial charge on any atom is 0.191 e. The fraction of sp³-hybridized carbons (Fsp3) is 0.450. The van der Waals surface area contributed by atoms with Crippen LogP contribution in [0.1, 0.15) is 23.5 Å². The molecule has 1 heterocycles. The predicted molar refractivity (Wildman–Crippen MR) is 114 cm³/mol. The Kier molecular flexibility index (Phi) is 6.04. The number of guanidine groups is 1. The lowest BCUT2D eigenvalue weighted by Gasteiger charge is -2.13. The Morgan fingerprint density at radius 1 is 1.16 bits per heavy atom. The second-order valence-corrected chi connectivity index (χ2v) is 6.89. The highest BCUT2D eigenvalue weighted by molar-refractivity contribution is 14.0. The Bertz CT molecular complexity index is 710. The average Bonchev–Trinajstić information content (AvgIpc) is 3.09. The van der Waals surface area contributed by atoms with Crippen LogP contribution in [0, 0.1) is 11.8 Å². The lowest BCUT2D eigenvalue weighted by Crippen LogP contribution is -2.39. The van der Waals surface area contributed by atoms with E-state index in [1.165, 1.54) is 12.8 Å². The Morgan fingerprint density at radius 3 is 2.76 bits per heavy atom. The fourth-order valence-electron chi connectivity index (χ4n) is 4.25. The molecule has 1 aromatic heterocycles. The minimum Gasteiger partial charge on any atom is -0.356 e. The van der Waals surface area contributed by atoms with E-state index in [0.717, 1.165) is 43.3 Å². The molecule has 2 aromatic rings. The van der Waals surface area contributed by atoms with Crippen molar-refractivity contribution in [1.82, 2.24) is 15.2 Å². The maximum atomic E-state index is 4.35. The summed E-state index contributed by atoms with van der Waals surface area (Å²) in [4.78, 5) is 4.35. The summed E-state index contributed by atoms with van der Waals surface area (Å²) in [5.41, 5.74) is 3.16. The van der Waals surface area contributed by atoms with Crippen molar-refractivity contribution in [2.45, 2.75) is 25.3 Å². The molecular formula is C20H27IN4. The van der Waals surface area contributed by atoms with Crippen LogP contribution in [0.5, 0.6) is 0 Å². The van der Waals surface area contributed by atoms with Gasteiger partial charge in [0, 0.05) is 39.1 Å². The lowest BCUT2D eigenvalue weighted by atomic mass is 9.92. The highest BCUT2D eigenvalue weighted by Gasteiger charge is 2.52. The highest BCUT2D eigenvalue weighted by atomic mass is 127. The summed E-state index contributed by atoms with van der Waals surface area (Å²) in [5, 5.41) is 6.94. The predicted octanol–water partition coefficient (Wildman–Crippen LogP) is 3.25. The smallest absolute Gasteiger partial charge is 0.191 e. The summed E-state index contributed by atoms with van der Waals surface area (Å²) in [6.07, 6.45) is 6.76. The van der Waals surface area contributed by atoms with E-state index >= 15 is 0 Å². The van der Waals surface area contributed by atoms with E-state index in [-0.39, 0.29) is 24.0 Å². The molecule has 25 heavy (non-hydrogen) atoms. The molecule has 3 unspecified atom stereocenters. The molecule has 4 rings (SSSR count). The van der Waals surface area contributed by atoms with Crippen molar-refractivity contribution in [3.05, 3.63) is 59.9 Å². The van der Waals surface area contributed by atoms with Crippen LogP contribution in [-0.4, -0.2) is 30.7 Å². The summed E-state index contributed by atoms with van der Waals surface area (Å²) < 4.78 is 2.17. The van der Waals surface area contributed by atoms with Gasteiger partial charge in [0.25, 0.3) is 0 Å². The molecule has 0 radical (unpaired) electrons. The van der Waals surface area contributed by atoms with E-state index in [9.17, 15) is 0 Å². The molecule has 4 nitrogen and oxygen atoms in total. The van der Waals surface area contributed by atoms with E-state index in [1.54, 1.807) is 11.1 Å². The van der Waals surface area contributed by atoms with Gasteiger partial charge in [0.15, 0.2) is 5.96 Å². The second kappa shape index (κ2) is 8.25. The Labute approximate surface area is 167 Å². The van der Waals surface area contributed by atoms with Gasteiger partial charge in [-0.2, -0.15) is 0 Å². The first-order valence-electron chi connectivity index (χ1n) is 9.00. The van der Waals surface area contributed by atoms with Crippen LogP contribution < -0.4 is 10.6 Å². The third-order valence-corrected chi connectivity index (χ3v) is 5.55. The number of aryl methyl sites for hydroxylation is 1. The van der Waals surface area contributed by atoms with Gasteiger partial charge in [0.1, 0.15) is 0 Å². The van der Waals surface area contributed by atoms with Gasteiger partial charge in [-0.25, -0.2) is 0 Å². The van der Waals surface area contributed by atoms with Crippen molar-refractivity contribution < 1.29 is 0 Å². The molecule has 134 valence electrons. The first kappa shape index (κ1) is 18.3. The topological polar surface area (TPSA) is 41.4 Å². The van der Waals surface area contributed by atoms with Crippen molar-refractivity contribution in [3.8, 4) is 0 Å². The van der Waals surface area contributed by atoms with Crippen LogP contribution in [0.15, 0.2) is 53.8 Å². The molecular weight excluding hydrogens is 423 g/mol. The van der Waals surface area contributed by atoms with Crippen LogP contribution in [0.4, 0.5) is 0 Å². The first-order chi connectivity index (χ1) is 11.9. The molecule has 0 bridgehead atoms. The molecule has 2 aliphatic carbocycles. The molecule has 1 aromatic carbocycles. The number of aromatic nitrogens is 1. The number of hydrogen-bond acceptors (Lipinski definition) is 1. The zero-order valence-corrected chi connectivity index (χ0v) is 17.0. The van der Waals surface area contributed by atoms with Gasteiger partial charge in [-0.15, -0.1) is 24.0 Å². The summed E-state index contributed by atoms with van der Waals surface area (Å²) in [6, 6.07) is 13.1. The molecule has 0 amide bonds. The first-order valence-corrected chi connectivity index (χ1v) is 9.00. The zero-order chi connectivity index (χ0) is 16.4. The SMILES string of the molecule is CN=C(NCCn1cccc1)NCC1C2CCc3ccccc3C21.I. The van der Waals surface area contributed by atoms with Crippen LogP contribution in [0.25, 0.3) is 0 Å². The largest absolute Gasteiger partial charge is 0.356 e. The van der Waals surface area contributed by atoms with Gasteiger partial charge in [-0.05, 0) is 53.9 Å². The van der Waals surface area contributed by atoms with Gasteiger partial charge in [0.05, 0.1) is 0 Å². The second-order valence-electron chi connectivity index (χ2n) is 6.89. The van der Waals surface area contributed by atoms with E-state index in [0.29, 0.717) is 0 Å². The number of fused-ring (bicyclic) bond motifs is 3. The zero-order valence-electron chi connectivity index (χ0n) is 14.7. The number of nitrogens with zero attached hydrogens (tertiary/aromatic N) is 2. The number of rotatable bonds is 5. The molecule has 1 saturated carbocycles. The summed E-state index contributed by atoms with van der Waals surface area (Å²) >= 11 is 0. The van der Waals surface area contributed by atoms with Gasteiger partial charge in [-0.3, -0.25) is 4.99 Å². The van der Waals surface area contributed by atoms with Crippen molar-refractivity contribution in [2.75, 3.05) is 20.1 Å². The maximum absolute atomic E-state index is 4.35. The molecule has 1 fully saturated rings. The number of benzene rings is 1. The normalized spacial score (nSPS) is 23.9. The minimum atomic E-state index is 0. The number of hydrogen-bond donors (Lipinski definition) is 2. The third kappa shape index (κ3) is 4.02. The molecule has 5 heteroatoms. The molecule has 0 saturated heterocycles. The highest BCUT2D eigenvalue weighted by Crippen LogP contribution is 2.59. The Hall–Kier alpha value is -1.50. The summed E-state index contributed by atoms with van der Waals surface area (Å²) in [7, 11) is 1.85. The Morgan fingerprint density at radius 2 is 1.96 bits per heavy atom. The third-order valence-electron chi connectivity index (χ3n) is 5.55. The van der Waals surface area contributed by atoms with E-state index in [4.69, 9.17) is 0 Å². The van der Waals surface area contributed by atoms with Gasteiger partial charge < -0.3 is 15.2 Å². The van der Waals surface area contributed by atoms with Crippen molar-refractivity contribution in [3.63, 3.8) is 0 Å². The molecule has 3 atom stereocenters. The Balaban J connectivity index is 0.00000182. The van der Waals surface area contributed by atoms with Crippen LogP contribution in [0.3, 0.4) is 0 Å².